The average molecular weight is 308 g/mol. The Morgan fingerprint density at radius 2 is 1.80 bits per heavy atom. The van der Waals surface area contributed by atoms with Gasteiger partial charge in [0.15, 0.2) is 0 Å². The molecule has 0 saturated heterocycles. The Hall–Kier alpha value is -1.51. The minimum absolute atomic E-state index is 0.0843. The summed E-state index contributed by atoms with van der Waals surface area (Å²) in [5, 5.41) is 3.60. The van der Waals surface area contributed by atoms with Crippen LogP contribution in [0.3, 0.4) is 0 Å². The molecule has 0 fully saturated rings. The molecule has 1 N–H and O–H groups in total. The zero-order chi connectivity index (χ0) is 14.4. The lowest BCUT2D eigenvalue weighted by molar-refractivity contribution is 0.0954. The molecule has 1 amide bonds. The Morgan fingerprint density at radius 3 is 2.55 bits per heavy atom. The Bertz CT molecular complexity index is 599. The predicted molar refractivity (Wildman–Crippen MR) is 83.5 cm³/mol. The van der Waals surface area contributed by atoms with Crippen LogP contribution < -0.4 is 5.32 Å². The van der Waals surface area contributed by atoms with Gasteiger partial charge >= 0.3 is 0 Å². The van der Waals surface area contributed by atoms with Crippen molar-refractivity contribution in [3.8, 4) is 0 Å². The van der Waals surface area contributed by atoms with Gasteiger partial charge in [0.2, 0.25) is 0 Å². The van der Waals surface area contributed by atoms with Crippen LogP contribution in [0.2, 0.25) is 5.02 Å². The molecule has 4 heteroatoms. The Kier molecular flexibility index (Phi) is 5.45. The van der Waals surface area contributed by atoms with E-state index in [1.807, 2.05) is 42.5 Å². The summed E-state index contributed by atoms with van der Waals surface area (Å²) in [5.41, 5.74) is 2.68. The number of benzene rings is 2. The van der Waals surface area contributed by atoms with E-state index in [1.54, 1.807) is 6.07 Å². The quantitative estimate of drug-likeness (QED) is 0.830. The third kappa shape index (κ3) is 4.26. The molecule has 0 heterocycles. The van der Waals surface area contributed by atoms with Gasteiger partial charge < -0.3 is 5.32 Å². The SMILES string of the molecule is O=C(NCCc1cccc(Cl)c1)c1cccc(CCl)c1. The van der Waals surface area contributed by atoms with Crippen molar-refractivity contribution in [1.82, 2.24) is 5.32 Å². The van der Waals surface area contributed by atoms with Crippen LogP contribution in [0.1, 0.15) is 21.5 Å². The van der Waals surface area contributed by atoms with Crippen LogP contribution in [-0.4, -0.2) is 12.5 Å². The largest absolute Gasteiger partial charge is 0.352 e. The molecule has 0 aliphatic carbocycles. The predicted octanol–water partition coefficient (Wildman–Crippen LogP) is 4.05. The van der Waals surface area contributed by atoms with Gasteiger partial charge in [-0.2, -0.15) is 0 Å². The van der Waals surface area contributed by atoms with Gasteiger partial charge in [-0.25, -0.2) is 0 Å². The summed E-state index contributed by atoms with van der Waals surface area (Å²) in [4.78, 5) is 12.0. The molecule has 2 aromatic carbocycles. The molecule has 0 saturated carbocycles. The zero-order valence-electron chi connectivity index (χ0n) is 10.9. The van der Waals surface area contributed by atoms with E-state index in [2.05, 4.69) is 5.32 Å². The highest BCUT2D eigenvalue weighted by molar-refractivity contribution is 6.30. The highest BCUT2D eigenvalue weighted by atomic mass is 35.5. The van der Waals surface area contributed by atoms with Crippen LogP contribution in [0.25, 0.3) is 0 Å². The minimum Gasteiger partial charge on any atom is -0.352 e. The van der Waals surface area contributed by atoms with E-state index in [4.69, 9.17) is 23.2 Å². The van der Waals surface area contributed by atoms with Crippen LogP contribution in [0.5, 0.6) is 0 Å². The molecule has 104 valence electrons. The molecule has 0 aliphatic rings. The zero-order valence-corrected chi connectivity index (χ0v) is 12.4. The molecule has 2 aromatic rings. The molecule has 20 heavy (non-hydrogen) atoms. The maximum Gasteiger partial charge on any atom is 0.251 e. The molecular weight excluding hydrogens is 293 g/mol. The van der Waals surface area contributed by atoms with Gasteiger partial charge in [-0.3, -0.25) is 4.79 Å². The van der Waals surface area contributed by atoms with Crippen molar-refractivity contribution in [3.05, 3.63) is 70.2 Å². The number of amides is 1. The fourth-order valence-corrected chi connectivity index (χ4v) is 2.29. The first-order chi connectivity index (χ1) is 9.69. The van der Waals surface area contributed by atoms with Gasteiger partial charge in [0.1, 0.15) is 0 Å². The first-order valence-electron chi connectivity index (χ1n) is 6.36. The summed E-state index contributed by atoms with van der Waals surface area (Å²) in [5.74, 6) is 0.322. The summed E-state index contributed by atoms with van der Waals surface area (Å²) >= 11 is 11.7. The lowest BCUT2D eigenvalue weighted by Crippen LogP contribution is -2.25. The Balaban J connectivity index is 1.89. The molecule has 2 rings (SSSR count). The van der Waals surface area contributed by atoms with Gasteiger partial charge in [-0.1, -0.05) is 35.9 Å². The van der Waals surface area contributed by atoms with E-state index >= 15 is 0 Å². The lowest BCUT2D eigenvalue weighted by Gasteiger charge is -2.06. The van der Waals surface area contributed by atoms with E-state index < -0.39 is 0 Å². The minimum atomic E-state index is -0.0843. The number of carbonyl (C=O) groups excluding carboxylic acids is 1. The Morgan fingerprint density at radius 1 is 1.05 bits per heavy atom. The van der Waals surface area contributed by atoms with Crippen LogP contribution in [0, 0.1) is 0 Å². The van der Waals surface area contributed by atoms with Crippen LogP contribution in [0.4, 0.5) is 0 Å². The molecule has 0 bridgehead atoms. The number of halogens is 2. The van der Waals surface area contributed by atoms with Crippen LogP contribution in [-0.2, 0) is 12.3 Å². The number of rotatable bonds is 5. The van der Waals surface area contributed by atoms with E-state index in [0.29, 0.717) is 23.0 Å². The van der Waals surface area contributed by atoms with E-state index in [9.17, 15) is 4.79 Å². The normalized spacial score (nSPS) is 10.3. The summed E-state index contributed by atoms with van der Waals surface area (Å²) in [6, 6.07) is 15.0. The topological polar surface area (TPSA) is 29.1 Å². The second-order valence-electron chi connectivity index (χ2n) is 4.47. The molecule has 0 aromatic heterocycles. The van der Waals surface area contributed by atoms with Crippen molar-refractivity contribution < 1.29 is 4.79 Å². The van der Waals surface area contributed by atoms with E-state index in [0.717, 1.165) is 17.5 Å². The molecule has 0 radical (unpaired) electrons. The summed E-state index contributed by atoms with van der Waals surface area (Å²) < 4.78 is 0. The van der Waals surface area contributed by atoms with Crippen LogP contribution >= 0.6 is 23.2 Å². The van der Waals surface area contributed by atoms with Crippen molar-refractivity contribution in [2.45, 2.75) is 12.3 Å². The van der Waals surface area contributed by atoms with Crippen molar-refractivity contribution in [2.24, 2.45) is 0 Å². The molecule has 0 unspecified atom stereocenters. The van der Waals surface area contributed by atoms with Gasteiger partial charge in [-0.15, -0.1) is 11.6 Å². The van der Waals surface area contributed by atoms with Gasteiger partial charge in [0.25, 0.3) is 5.91 Å². The van der Waals surface area contributed by atoms with Crippen molar-refractivity contribution in [3.63, 3.8) is 0 Å². The number of hydrogen-bond acceptors (Lipinski definition) is 1. The number of nitrogens with one attached hydrogen (secondary N) is 1. The first kappa shape index (κ1) is 14.9. The van der Waals surface area contributed by atoms with E-state index in [1.165, 1.54) is 0 Å². The highest BCUT2D eigenvalue weighted by Crippen LogP contribution is 2.11. The van der Waals surface area contributed by atoms with E-state index in [-0.39, 0.29) is 5.91 Å². The molecule has 0 atom stereocenters. The molecular formula is C16H15Cl2NO. The van der Waals surface area contributed by atoms with Crippen molar-refractivity contribution >= 4 is 29.1 Å². The fourth-order valence-electron chi connectivity index (χ4n) is 1.91. The smallest absolute Gasteiger partial charge is 0.251 e. The van der Waals surface area contributed by atoms with Gasteiger partial charge in [-0.05, 0) is 41.8 Å². The monoisotopic (exact) mass is 307 g/mol. The number of hydrogen-bond donors (Lipinski definition) is 1. The second kappa shape index (κ2) is 7.32. The molecule has 0 spiro atoms. The second-order valence-corrected chi connectivity index (χ2v) is 5.17. The first-order valence-corrected chi connectivity index (χ1v) is 7.28. The maximum atomic E-state index is 12.0. The lowest BCUT2D eigenvalue weighted by atomic mass is 10.1. The summed E-state index contributed by atoms with van der Waals surface area (Å²) in [7, 11) is 0. The maximum absolute atomic E-state index is 12.0. The van der Waals surface area contributed by atoms with Crippen molar-refractivity contribution in [2.75, 3.05) is 6.54 Å². The third-order valence-corrected chi connectivity index (χ3v) is 3.48. The standard InChI is InChI=1S/C16H15Cl2NO/c17-11-13-4-1-5-14(9-13)16(20)19-8-7-12-3-2-6-15(18)10-12/h1-6,9-10H,7-8,11H2,(H,19,20). The third-order valence-electron chi connectivity index (χ3n) is 2.93. The van der Waals surface area contributed by atoms with Crippen molar-refractivity contribution in [1.29, 1.82) is 0 Å². The highest BCUT2D eigenvalue weighted by Gasteiger charge is 2.05. The average Bonchev–Trinajstić information content (AvgIpc) is 2.47. The Labute approximate surface area is 128 Å². The molecule has 0 aliphatic heterocycles. The molecule has 2 nitrogen and oxygen atoms in total. The number of alkyl halides is 1. The number of carbonyl (C=O) groups is 1. The van der Waals surface area contributed by atoms with Gasteiger partial charge in [0.05, 0.1) is 0 Å². The fraction of sp³-hybridized carbons (Fsp3) is 0.188. The summed E-state index contributed by atoms with van der Waals surface area (Å²) in [6.07, 6.45) is 0.751. The van der Waals surface area contributed by atoms with Gasteiger partial charge in [0, 0.05) is 23.0 Å². The summed E-state index contributed by atoms with van der Waals surface area (Å²) in [6.45, 7) is 0.574. The van der Waals surface area contributed by atoms with Crippen LogP contribution in [0.15, 0.2) is 48.5 Å².